The number of halogens is 2. The summed E-state index contributed by atoms with van der Waals surface area (Å²) >= 11 is 11.7. The number of rotatable bonds is 5. The molecule has 1 rings (SSSR count). The first-order chi connectivity index (χ1) is 7.88. The quantitative estimate of drug-likeness (QED) is 0.816. The summed E-state index contributed by atoms with van der Waals surface area (Å²) in [6, 6.07) is 5.30. The summed E-state index contributed by atoms with van der Waals surface area (Å²) in [4.78, 5) is 0. The Balaban J connectivity index is 2.25. The molecule has 0 spiro atoms. The third-order valence-corrected chi connectivity index (χ3v) is 2.88. The summed E-state index contributed by atoms with van der Waals surface area (Å²) in [5.74, 6) is 0.759. The van der Waals surface area contributed by atoms with E-state index >= 15 is 0 Å². The van der Waals surface area contributed by atoms with Gasteiger partial charge in [-0.05, 0) is 45.9 Å². The van der Waals surface area contributed by atoms with E-state index in [1.807, 2.05) is 6.07 Å². The van der Waals surface area contributed by atoms with E-state index in [0.717, 1.165) is 18.7 Å². The number of benzene rings is 1. The second-order valence-electron chi connectivity index (χ2n) is 4.95. The smallest absolute Gasteiger partial charge is 0.120 e. The first-order valence-corrected chi connectivity index (χ1v) is 6.47. The van der Waals surface area contributed by atoms with Gasteiger partial charge in [-0.25, -0.2) is 0 Å². The van der Waals surface area contributed by atoms with Gasteiger partial charge in [0.05, 0.1) is 16.7 Å². The van der Waals surface area contributed by atoms with Gasteiger partial charge >= 0.3 is 0 Å². The number of hydrogen-bond donors (Lipinski definition) is 1. The second kappa shape index (κ2) is 6.48. The molecular formula is C13H19Cl2NO. The van der Waals surface area contributed by atoms with Gasteiger partial charge in [-0.3, -0.25) is 0 Å². The fourth-order valence-electron chi connectivity index (χ4n) is 1.29. The first kappa shape index (κ1) is 14.6. The van der Waals surface area contributed by atoms with Crippen molar-refractivity contribution in [3.8, 4) is 5.75 Å². The van der Waals surface area contributed by atoms with Gasteiger partial charge in [-0.2, -0.15) is 0 Å². The molecule has 0 atom stereocenters. The molecule has 0 aliphatic rings. The summed E-state index contributed by atoms with van der Waals surface area (Å²) in [5.41, 5.74) is 0.156. The van der Waals surface area contributed by atoms with E-state index in [4.69, 9.17) is 27.9 Å². The Morgan fingerprint density at radius 2 is 1.88 bits per heavy atom. The molecule has 0 radical (unpaired) electrons. The van der Waals surface area contributed by atoms with Crippen molar-refractivity contribution in [1.82, 2.24) is 5.32 Å². The van der Waals surface area contributed by atoms with Crippen molar-refractivity contribution in [2.45, 2.75) is 32.7 Å². The van der Waals surface area contributed by atoms with E-state index < -0.39 is 0 Å². The molecule has 1 aromatic carbocycles. The van der Waals surface area contributed by atoms with Crippen molar-refractivity contribution >= 4 is 23.2 Å². The monoisotopic (exact) mass is 275 g/mol. The van der Waals surface area contributed by atoms with Crippen LogP contribution in [0.15, 0.2) is 18.2 Å². The molecule has 2 nitrogen and oxygen atoms in total. The lowest BCUT2D eigenvalue weighted by Gasteiger charge is -2.20. The standard InChI is InChI=1S/C13H19Cl2NO/c1-13(2,3)16-7-4-8-17-10-5-6-11(14)12(15)9-10/h5-6,9,16H,4,7-8H2,1-3H3. The minimum absolute atomic E-state index is 0.156. The minimum Gasteiger partial charge on any atom is -0.493 e. The van der Waals surface area contributed by atoms with Crippen LogP contribution in [0.2, 0.25) is 10.0 Å². The Kier molecular flexibility index (Phi) is 5.57. The molecule has 0 heterocycles. The number of ether oxygens (including phenoxy) is 1. The molecule has 0 saturated carbocycles. The van der Waals surface area contributed by atoms with E-state index in [9.17, 15) is 0 Å². The van der Waals surface area contributed by atoms with Crippen LogP contribution in [0.3, 0.4) is 0 Å². The van der Waals surface area contributed by atoms with Gasteiger partial charge in [0.1, 0.15) is 5.75 Å². The van der Waals surface area contributed by atoms with Crippen LogP contribution in [0.1, 0.15) is 27.2 Å². The molecule has 0 aromatic heterocycles. The maximum absolute atomic E-state index is 5.89. The molecule has 0 saturated heterocycles. The van der Waals surface area contributed by atoms with Crippen LogP contribution in [0.4, 0.5) is 0 Å². The van der Waals surface area contributed by atoms with Gasteiger partial charge in [0.2, 0.25) is 0 Å². The maximum atomic E-state index is 5.89. The Hall–Kier alpha value is -0.440. The van der Waals surface area contributed by atoms with Crippen molar-refractivity contribution < 1.29 is 4.74 Å². The van der Waals surface area contributed by atoms with Crippen LogP contribution >= 0.6 is 23.2 Å². The third kappa shape index (κ3) is 6.16. The average Bonchev–Trinajstić information content (AvgIpc) is 2.21. The lowest BCUT2D eigenvalue weighted by Crippen LogP contribution is -2.36. The summed E-state index contributed by atoms with van der Waals surface area (Å²) in [6.45, 7) is 8.04. The van der Waals surface area contributed by atoms with E-state index in [2.05, 4.69) is 26.1 Å². The fourth-order valence-corrected chi connectivity index (χ4v) is 1.58. The Morgan fingerprint density at radius 1 is 1.18 bits per heavy atom. The van der Waals surface area contributed by atoms with Gasteiger partial charge in [-0.15, -0.1) is 0 Å². The molecule has 0 aliphatic heterocycles. The SMILES string of the molecule is CC(C)(C)NCCCOc1ccc(Cl)c(Cl)c1. The fraction of sp³-hybridized carbons (Fsp3) is 0.538. The topological polar surface area (TPSA) is 21.3 Å². The Labute approximate surface area is 113 Å². The highest BCUT2D eigenvalue weighted by molar-refractivity contribution is 6.42. The van der Waals surface area contributed by atoms with Gasteiger partial charge in [0.15, 0.2) is 0 Å². The van der Waals surface area contributed by atoms with Crippen molar-refractivity contribution in [2.24, 2.45) is 0 Å². The lowest BCUT2D eigenvalue weighted by molar-refractivity contribution is 0.298. The highest BCUT2D eigenvalue weighted by atomic mass is 35.5. The average molecular weight is 276 g/mol. The van der Waals surface area contributed by atoms with Gasteiger partial charge < -0.3 is 10.1 Å². The Bertz CT molecular complexity index is 361. The van der Waals surface area contributed by atoms with Crippen molar-refractivity contribution in [2.75, 3.05) is 13.2 Å². The molecule has 0 bridgehead atoms. The molecule has 0 amide bonds. The molecule has 1 aromatic rings. The largest absolute Gasteiger partial charge is 0.493 e. The molecular weight excluding hydrogens is 257 g/mol. The maximum Gasteiger partial charge on any atom is 0.120 e. The highest BCUT2D eigenvalue weighted by Gasteiger charge is 2.07. The summed E-state index contributed by atoms with van der Waals surface area (Å²) in [6.07, 6.45) is 0.956. The molecule has 4 heteroatoms. The normalized spacial score (nSPS) is 11.6. The number of hydrogen-bond acceptors (Lipinski definition) is 2. The van der Waals surface area contributed by atoms with Crippen LogP contribution in [0, 0.1) is 0 Å². The molecule has 96 valence electrons. The van der Waals surface area contributed by atoms with Gasteiger partial charge in [0, 0.05) is 11.6 Å². The van der Waals surface area contributed by atoms with E-state index in [0.29, 0.717) is 16.7 Å². The highest BCUT2D eigenvalue weighted by Crippen LogP contribution is 2.26. The predicted molar refractivity (Wildman–Crippen MR) is 74.3 cm³/mol. The lowest BCUT2D eigenvalue weighted by atomic mass is 10.1. The molecule has 17 heavy (non-hydrogen) atoms. The van der Waals surface area contributed by atoms with E-state index in [1.54, 1.807) is 12.1 Å². The van der Waals surface area contributed by atoms with Crippen LogP contribution in [0.25, 0.3) is 0 Å². The van der Waals surface area contributed by atoms with Crippen molar-refractivity contribution in [1.29, 1.82) is 0 Å². The zero-order valence-electron chi connectivity index (χ0n) is 10.5. The van der Waals surface area contributed by atoms with E-state index in [1.165, 1.54) is 0 Å². The van der Waals surface area contributed by atoms with E-state index in [-0.39, 0.29) is 5.54 Å². The molecule has 0 aliphatic carbocycles. The zero-order valence-corrected chi connectivity index (χ0v) is 12.0. The number of nitrogens with one attached hydrogen (secondary N) is 1. The van der Waals surface area contributed by atoms with Crippen LogP contribution in [0.5, 0.6) is 5.75 Å². The third-order valence-electron chi connectivity index (χ3n) is 2.14. The van der Waals surface area contributed by atoms with Crippen LogP contribution in [-0.4, -0.2) is 18.7 Å². The summed E-state index contributed by atoms with van der Waals surface area (Å²) in [5, 5.41) is 4.48. The molecule has 1 N–H and O–H groups in total. The summed E-state index contributed by atoms with van der Waals surface area (Å²) < 4.78 is 5.57. The predicted octanol–water partition coefficient (Wildman–Crippen LogP) is 4.15. The molecule has 0 fully saturated rings. The minimum atomic E-state index is 0.156. The summed E-state index contributed by atoms with van der Waals surface area (Å²) in [7, 11) is 0. The Morgan fingerprint density at radius 3 is 2.47 bits per heavy atom. The molecule has 0 unspecified atom stereocenters. The van der Waals surface area contributed by atoms with Gasteiger partial charge in [-0.1, -0.05) is 23.2 Å². The van der Waals surface area contributed by atoms with Crippen LogP contribution < -0.4 is 10.1 Å². The van der Waals surface area contributed by atoms with Crippen molar-refractivity contribution in [3.05, 3.63) is 28.2 Å². The first-order valence-electron chi connectivity index (χ1n) is 5.71. The van der Waals surface area contributed by atoms with Crippen molar-refractivity contribution in [3.63, 3.8) is 0 Å². The second-order valence-corrected chi connectivity index (χ2v) is 5.77. The zero-order chi connectivity index (χ0) is 12.9. The van der Waals surface area contributed by atoms with Crippen LogP contribution in [-0.2, 0) is 0 Å². The van der Waals surface area contributed by atoms with Gasteiger partial charge in [0.25, 0.3) is 0 Å².